The molecule has 0 saturated heterocycles. The maximum Gasteiger partial charge on any atom is 0.259 e. The van der Waals surface area contributed by atoms with Gasteiger partial charge in [-0.15, -0.1) is 0 Å². The van der Waals surface area contributed by atoms with Gasteiger partial charge >= 0.3 is 0 Å². The summed E-state index contributed by atoms with van der Waals surface area (Å²) in [5.74, 6) is 0.0505. The van der Waals surface area contributed by atoms with Crippen molar-refractivity contribution in [3.05, 3.63) is 64.7 Å². The summed E-state index contributed by atoms with van der Waals surface area (Å²) in [6.07, 6.45) is 1.52. The number of hydrogen-bond donors (Lipinski definition) is 2. The normalized spacial score (nSPS) is 10.5. The van der Waals surface area contributed by atoms with Crippen molar-refractivity contribution >= 4 is 18.0 Å². The van der Waals surface area contributed by atoms with Crippen molar-refractivity contribution in [2.24, 2.45) is 5.10 Å². The van der Waals surface area contributed by atoms with E-state index in [-0.39, 0.29) is 12.5 Å². The maximum absolute atomic E-state index is 12.0. The van der Waals surface area contributed by atoms with Crippen LogP contribution in [0.3, 0.4) is 0 Å². The Balaban J connectivity index is 1.80. The third-order valence-electron chi connectivity index (χ3n) is 3.70. The first-order chi connectivity index (χ1) is 12.0. The number of rotatable bonds is 6. The SMILES string of the molecule is COc1ccc(/C=N/NC(=O)CNC(=O)c2ccc(C)c(C)c2)cc1. The third kappa shape index (κ3) is 5.46. The van der Waals surface area contributed by atoms with E-state index in [1.807, 2.05) is 32.0 Å². The van der Waals surface area contributed by atoms with Gasteiger partial charge in [0.2, 0.25) is 0 Å². The van der Waals surface area contributed by atoms with E-state index >= 15 is 0 Å². The highest BCUT2D eigenvalue weighted by Crippen LogP contribution is 2.10. The molecule has 130 valence electrons. The molecule has 25 heavy (non-hydrogen) atoms. The summed E-state index contributed by atoms with van der Waals surface area (Å²) in [6.45, 7) is 3.77. The number of methoxy groups -OCH3 is 1. The van der Waals surface area contributed by atoms with Gasteiger partial charge in [-0.05, 0) is 66.9 Å². The molecule has 0 spiro atoms. The Kier molecular flexibility index (Phi) is 6.28. The molecule has 2 amide bonds. The summed E-state index contributed by atoms with van der Waals surface area (Å²) in [5, 5.41) is 6.42. The molecule has 0 aliphatic rings. The van der Waals surface area contributed by atoms with Gasteiger partial charge in [-0.3, -0.25) is 9.59 Å². The van der Waals surface area contributed by atoms with Gasteiger partial charge in [0.15, 0.2) is 0 Å². The molecule has 0 aromatic heterocycles. The van der Waals surface area contributed by atoms with Crippen LogP contribution < -0.4 is 15.5 Å². The lowest BCUT2D eigenvalue weighted by Crippen LogP contribution is -2.34. The number of aryl methyl sites for hydroxylation is 2. The number of ether oxygens (including phenoxy) is 1. The van der Waals surface area contributed by atoms with Crippen LogP contribution in [0.15, 0.2) is 47.6 Å². The number of hydrazone groups is 1. The number of benzene rings is 2. The average molecular weight is 339 g/mol. The molecule has 0 saturated carbocycles. The van der Waals surface area contributed by atoms with Crippen molar-refractivity contribution in [2.45, 2.75) is 13.8 Å². The van der Waals surface area contributed by atoms with Crippen LogP contribution in [0.25, 0.3) is 0 Å². The Morgan fingerprint density at radius 3 is 2.44 bits per heavy atom. The second-order valence-electron chi connectivity index (χ2n) is 5.55. The molecule has 0 bridgehead atoms. The van der Waals surface area contributed by atoms with Crippen LogP contribution >= 0.6 is 0 Å². The molecular weight excluding hydrogens is 318 g/mol. The molecule has 0 heterocycles. The van der Waals surface area contributed by atoms with E-state index in [9.17, 15) is 9.59 Å². The number of nitrogens with zero attached hydrogens (tertiary/aromatic N) is 1. The first-order valence-corrected chi connectivity index (χ1v) is 7.81. The van der Waals surface area contributed by atoms with Crippen LogP contribution in [0.1, 0.15) is 27.0 Å². The van der Waals surface area contributed by atoms with E-state index in [1.54, 1.807) is 31.4 Å². The predicted molar refractivity (Wildman–Crippen MR) is 97.0 cm³/mol. The van der Waals surface area contributed by atoms with E-state index in [1.165, 1.54) is 6.21 Å². The molecule has 6 heteroatoms. The highest BCUT2D eigenvalue weighted by atomic mass is 16.5. The fourth-order valence-electron chi connectivity index (χ4n) is 2.05. The third-order valence-corrected chi connectivity index (χ3v) is 3.70. The highest BCUT2D eigenvalue weighted by Gasteiger charge is 2.08. The lowest BCUT2D eigenvalue weighted by molar-refractivity contribution is -0.120. The molecule has 2 aromatic carbocycles. The minimum Gasteiger partial charge on any atom is -0.497 e. The van der Waals surface area contributed by atoms with E-state index in [4.69, 9.17) is 4.74 Å². The maximum atomic E-state index is 12.0. The van der Waals surface area contributed by atoms with Crippen LogP contribution in [-0.4, -0.2) is 31.7 Å². The van der Waals surface area contributed by atoms with Gasteiger partial charge in [-0.1, -0.05) is 6.07 Å². The number of nitrogens with one attached hydrogen (secondary N) is 2. The summed E-state index contributed by atoms with van der Waals surface area (Å²) in [6, 6.07) is 12.6. The van der Waals surface area contributed by atoms with Crippen LogP contribution in [-0.2, 0) is 4.79 Å². The lowest BCUT2D eigenvalue weighted by atomic mass is 10.1. The van der Waals surface area contributed by atoms with Gasteiger partial charge in [0, 0.05) is 5.56 Å². The molecule has 2 rings (SSSR count). The second kappa shape index (κ2) is 8.63. The van der Waals surface area contributed by atoms with E-state index in [2.05, 4.69) is 15.8 Å². The molecule has 6 nitrogen and oxygen atoms in total. The molecule has 0 fully saturated rings. The zero-order valence-corrected chi connectivity index (χ0v) is 14.5. The molecule has 0 aliphatic heterocycles. The predicted octanol–water partition coefficient (Wildman–Crippen LogP) is 2.19. The second-order valence-corrected chi connectivity index (χ2v) is 5.55. The molecule has 2 N–H and O–H groups in total. The van der Waals surface area contributed by atoms with Crippen LogP contribution in [0.4, 0.5) is 0 Å². The van der Waals surface area contributed by atoms with Gasteiger partial charge in [-0.25, -0.2) is 5.43 Å². The topological polar surface area (TPSA) is 79.8 Å². The zero-order chi connectivity index (χ0) is 18.2. The fraction of sp³-hybridized carbons (Fsp3) is 0.211. The van der Waals surface area contributed by atoms with Gasteiger partial charge < -0.3 is 10.1 Å². The van der Waals surface area contributed by atoms with Crippen LogP contribution in [0.2, 0.25) is 0 Å². The Bertz CT molecular complexity index is 783. The molecule has 0 unspecified atom stereocenters. The van der Waals surface area contributed by atoms with Crippen LogP contribution in [0.5, 0.6) is 5.75 Å². The Hall–Kier alpha value is -3.15. The molecule has 0 aliphatic carbocycles. The van der Waals surface area contributed by atoms with Crippen molar-refractivity contribution in [1.29, 1.82) is 0 Å². The number of amides is 2. The highest BCUT2D eigenvalue weighted by molar-refractivity contribution is 5.96. The monoisotopic (exact) mass is 339 g/mol. The van der Waals surface area contributed by atoms with Crippen LogP contribution in [0, 0.1) is 13.8 Å². The standard InChI is InChI=1S/C19H21N3O3/c1-13-4-7-16(10-14(13)2)19(24)20-12-18(23)22-21-11-15-5-8-17(25-3)9-6-15/h4-11H,12H2,1-3H3,(H,20,24)(H,22,23)/b21-11+. The molecule has 0 atom stereocenters. The van der Waals surface area contributed by atoms with E-state index < -0.39 is 5.91 Å². The van der Waals surface area contributed by atoms with Gasteiger partial charge in [0.1, 0.15) is 5.75 Å². The Morgan fingerprint density at radius 1 is 1.08 bits per heavy atom. The fourth-order valence-corrected chi connectivity index (χ4v) is 2.05. The number of hydrogen-bond acceptors (Lipinski definition) is 4. The van der Waals surface area contributed by atoms with Crippen molar-refractivity contribution < 1.29 is 14.3 Å². The summed E-state index contributed by atoms with van der Waals surface area (Å²) in [4.78, 5) is 23.8. The molecule has 0 radical (unpaired) electrons. The lowest BCUT2D eigenvalue weighted by Gasteiger charge is -2.06. The minimum atomic E-state index is -0.401. The van der Waals surface area contributed by atoms with E-state index in [0.29, 0.717) is 5.56 Å². The quantitative estimate of drug-likeness (QED) is 0.625. The average Bonchev–Trinajstić information content (AvgIpc) is 2.62. The molecular formula is C19H21N3O3. The Morgan fingerprint density at radius 2 is 1.80 bits per heavy atom. The van der Waals surface area contributed by atoms with Crippen molar-refractivity contribution in [3.63, 3.8) is 0 Å². The summed E-state index contributed by atoms with van der Waals surface area (Å²) in [7, 11) is 1.59. The largest absolute Gasteiger partial charge is 0.497 e. The number of carbonyl (C=O) groups is 2. The van der Waals surface area contributed by atoms with Gasteiger partial charge in [0.25, 0.3) is 11.8 Å². The van der Waals surface area contributed by atoms with Crippen molar-refractivity contribution in [2.75, 3.05) is 13.7 Å². The summed E-state index contributed by atoms with van der Waals surface area (Å²) < 4.78 is 5.06. The molecule has 2 aromatic rings. The minimum absolute atomic E-state index is 0.147. The van der Waals surface area contributed by atoms with Crippen molar-refractivity contribution in [3.8, 4) is 5.75 Å². The summed E-state index contributed by atoms with van der Waals surface area (Å²) >= 11 is 0. The van der Waals surface area contributed by atoms with Gasteiger partial charge in [-0.2, -0.15) is 5.10 Å². The zero-order valence-electron chi connectivity index (χ0n) is 14.5. The Labute approximate surface area is 146 Å². The number of carbonyl (C=O) groups excluding carboxylic acids is 2. The first-order valence-electron chi connectivity index (χ1n) is 7.81. The van der Waals surface area contributed by atoms with E-state index in [0.717, 1.165) is 22.4 Å². The van der Waals surface area contributed by atoms with Gasteiger partial charge in [0.05, 0.1) is 19.9 Å². The first kappa shape index (κ1) is 18.2. The smallest absolute Gasteiger partial charge is 0.259 e. The summed E-state index contributed by atoms with van der Waals surface area (Å²) in [5.41, 5.74) is 5.86. The van der Waals surface area contributed by atoms with Crippen molar-refractivity contribution in [1.82, 2.24) is 10.7 Å².